The molecule has 29 heavy (non-hydrogen) atoms. The molecule has 2 aliphatic rings. The van der Waals surface area contributed by atoms with Gasteiger partial charge in [-0.15, -0.1) is 0 Å². The zero-order valence-corrected chi connectivity index (χ0v) is 15.7. The third-order valence-electron chi connectivity index (χ3n) is 5.14. The topological polar surface area (TPSA) is 87.1 Å². The van der Waals surface area contributed by atoms with Gasteiger partial charge in [-0.2, -0.15) is 18.3 Å². The fourth-order valence-electron chi connectivity index (χ4n) is 3.59. The molecule has 154 valence electrons. The lowest BCUT2D eigenvalue weighted by molar-refractivity contribution is -0.148. The van der Waals surface area contributed by atoms with Crippen LogP contribution < -0.4 is 5.56 Å². The van der Waals surface area contributed by atoms with E-state index in [-0.39, 0.29) is 43.6 Å². The Morgan fingerprint density at radius 1 is 1.24 bits per heavy atom. The standard InChI is InChI=1S/C18H19F3N6O2/c1-11-13(16(29)26-7-5-25(6-8-26)10-18(19,20)21)9-22-27(11)17-23-14-4-2-3-12(14)15(28)24-17/h2,4,9H,3,5-8,10H2,1H3,(H,23,24,28). The summed E-state index contributed by atoms with van der Waals surface area (Å²) in [7, 11) is 0. The Morgan fingerprint density at radius 3 is 2.66 bits per heavy atom. The number of nitrogens with one attached hydrogen (secondary N) is 1. The van der Waals surface area contributed by atoms with Crippen LogP contribution in [-0.2, 0) is 6.42 Å². The number of allylic oxidation sites excluding steroid dienone is 1. The number of halogens is 3. The van der Waals surface area contributed by atoms with Crippen LogP contribution in [0.1, 0.15) is 27.3 Å². The number of carbonyl (C=O) groups excluding carboxylic acids is 1. The molecule has 0 aromatic carbocycles. The number of piperazine rings is 1. The first kappa shape index (κ1) is 19.4. The van der Waals surface area contributed by atoms with Gasteiger partial charge in [-0.25, -0.2) is 9.67 Å². The first-order valence-electron chi connectivity index (χ1n) is 9.16. The highest BCUT2D eigenvalue weighted by atomic mass is 19.4. The predicted molar refractivity (Wildman–Crippen MR) is 97.9 cm³/mol. The molecular weight excluding hydrogens is 389 g/mol. The number of hydrogen-bond donors (Lipinski definition) is 1. The quantitative estimate of drug-likeness (QED) is 0.824. The molecule has 2 aromatic rings. The van der Waals surface area contributed by atoms with E-state index in [2.05, 4.69) is 15.1 Å². The minimum absolute atomic E-state index is 0.157. The molecule has 1 aliphatic carbocycles. The Hall–Kier alpha value is -2.95. The number of fused-ring (bicyclic) bond motifs is 1. The summed E-state index contributed by atoms with van der Waals surface area (Å²) >= 11 is 0. The number of alkyl halides is 3. The van der Waals surface area contributed by atoms with Gasteiger partial charge in [0.05, 0.1) is 29.7 Å². The summed E-state index contributed by atoms with van der Waals surface area (Å²) in [6.07, 6.45) is 1.28. The van der Waals surface area contributed by atoms with Crippen LogP contribution in [0.3, 0.4) is 0 Å². The fraction of sp³-hybridized carbons (Fsp3) is 0.444. The molecule has 1 fully saturated rings. The number of hydrogen-bond acceptors (Lipinski definition) is 5. The van der Waals surface area contributed by atoms with Crippen LogP contribution in [0.2, 0.25) is 0 Å². The van der Waals surface area contributed by atoms with Crippen molar-refractivity contribution < 1.29 is 18.0 Å². The number of aromatic amines is 1. The SMILES string of the molecule is Cc1c(C(=O)N2CCN(CC(F)(F)F)CC2)cnn1-c1nc2c(c(=O)[nH]1)CC=C2. The van der Waals surface area contributed by atoms with E-state index in [1.165, 1.54) is 20.7 Å². The first-order chi connectivity index (χ1) is 13.7. The molecule has 1 amide bonds. The highest BCUT2D eigenvalue weighted by molar-refractivity contribution is 5.95. The molecule has 0 atom stereocenters. The van der Waals surface area contributed by atoms with Crippen molar-refractivity contribution >= 4 is 12.0 Å². The lowest BCUT2D eigenvalue weighted by Crippen LogP contribution is -2.51. The molecule has 0 saturated carbocycles. The third kappa shape index (κ3) is 3.82. The van der Waals surface area contributed by atoms with Crippen LogP contribution in [0.4, 0.5) is 13.2 Å². The molecule has 1 aliphatic heterocycles. The number of rotatable bonds is 3. The van der Waals surface area contributed by atoms with Crippen molar-refractivity contribution in [2.75, 3.05) is 32.7 Å². The zero-order chi connectivity index (χ0) is 20.8. The molecule has 2 aromatic heterocycles. The van der Waals surface area contributed by atoms with E-state index in [4.69, 9.17) is 0 Å². The largest absolute Gasteiger partial charge is 0.401 e. The van der Waals surface area contributed by atoms with Gasteiger partial charge in [0.15, 0.2) is 0 Å². The maximum Gasteiger partial charge on any atom is 0.401 e. The minimum Gasteiger partial charge on any atom is -0.336 e. The molecule has 1 N–H and O–H groups in total. The van der Waals surface area contributed by atoms with Crippen LogP contribution in [0.25, 0.3) is 12.0 Å². The highest BCUT2D eigenvalue weighted by Crippen LogP contribution is 2.20. The summed E-state index contributed by atoms with van der Waals surface area (Å²) in [6, 6.07) is 0. The van der Waals surface area contributed by atoms with E-state index in [1.807, 2.05) is 6.08 Å². The molecule has 1 saturated heterocycles. The summed E-state index contributed by atoms with van der Waals surface area (Å²) < 4.78 is 39.0. The van der Waals surface area contributed by atoms with Crippen molar-refractivity contribution in [2.24, 2.45) is 0 Å². The maximum absolute atomic E-state index is 12.8. The summed E-state index contributed by atoms with van der Waals surface area (Å²) in [5.74, 6) is -0.0874. The Morgan fingerprint density at radius 2 is 1.97 bits per heavy atom. The molecule has 0 unspecified atom stereocenters. The minimum atomic E-state index is -4.25. The summed E-state index contributed by atoms with van der Waals surface area (Å²) in [6.45, 7) is 1.44. The predicted octanol–water partition coefficient (Wildman–Crippen LogP) is 1.15. The Kier molecular flexibility index (Phi) is 4.77. The number of H-pyrrole nitrogens is 1. The fourth-order valence-corrected chi connectivity index (χ4v) is 3.59. The maximum atomic E-state index is 12.8. The molecule has 4 rings (SSSR count). The van der Waals surface area contributed by atoms with Gasteiger partial charge in [0.2, 0.25) is 5.95 Å². The zero-order valence-electron chi connectivity index (χ0n) is 15.7. The number of carbonyl (C=O) groups is 1. The molecule has 11 heteroatoms. The monoisotopic (exact) mass is 408 g/mol. The normalized spacial score (nSPS) is 17.0. The van der Waals surface area contributed by atoms with Crippen molar-refractivity contribution in [1.29, 1.82) is 0 Å². The van der Waals surface area contributed by atoms with Crippen molar-refractivity contribution in [3.8, 4) is 5.95 Å². The van der Waals surface area contributed by atoms with Crippen LogP contribution in [0.15, 0.2) is 17.1 Å². The van der Waals surface area contributed by atoms with Gasteiger partial charge in [0, 0.05) is 31.7 Å². The molecule has 8 nitrogen and oxygen atoms in total. The van der Waals surface area contributed by atoms with E-state index in [0.29, 0.717) is 28.9 Å². The van der Waals surface area contributed by atoms with Gasteiger partial charge < -0.3 is 4.90 Å². The summed E-state index contributed by atoms with van der Waals surface area (Å²) in [5.41, 5.74) is 1.74. The first-order valence-corrected chi connectivity index (χ1v) is 9.16. The highest BCUT2D eigenvalue weighted by Gasteiger charge is 2.33. The smallest absolute Gasteiger partial charge is 0.336 e. The van der Waals surface area contributed by atoms with Crippen molar-refractivity contribution in [3.05, 3.63) is 45.1 Å². The van der Waals surface area contributed by atoms with E-state index < -0.39 is 12.7 Å². The Bertz CT molecular complexity index is 1030. The number of aromatic nitrogens is 4. The van der Waals surface area contributed by atoms with E-state index in [0.717, 1.165) is 0 Å². The molecule has 0 bridgehead atoms. The lowest BCUT2D eigenvalue weighted by atomic mass is 10.2. The number of nitrogens with zero attached hydrogens (tertiary/aromatic N) is 5. The van der Waals surface area contributed by atoms with Crippen LogP contribution in [-0.4, -0.2) is 74.4 Å². The van der Waals surface area contributed by atoms with Gasteiger partial charge in [-0.3, -0.25) is 19.5 Å². The average Bonchev–Trinajstić information content (AvgIpc) is 3.27. The van der Waals surface area contributed by atoms with E-state index in [1.54, 1.807) is 13.0 Å². The third-order valence-corrected chi connectivity index (χ3v) is 5.14. The van der Waals surface area contributed by atoms with Crippen molar-refractivity contribution in [3.63, 3.8) is 0 Å². The van der Waals surface area contributed by atoms with Crippen LogP contribution >= 0.6 is 0 Å². The van der Waals surface area contributed by atoms with Crippen LogP contribution in [0, 0.1) is 6.92 Å². The van der Waals surface area contributed by atoms with Gasteiger partial charge in [0.25, 0.3) is 11.5 Å². The summed E-state index contributed by atoms with van der Waals surface area (Å²) in [4.78, 5) is 34.9. The molecule has 3 heterocycles. The molecule has 0 spiro atoms. The van der Waals surface area contributed by atoms with Crippen molar-refractivity contribution in [1.82, 2.24) is 29.5 Å². The molecule has 0 radical (unpaired) electrons. The van der Waals surface area contributed by atoms with Gasteiger partial charge >= 0.3 is 6.18 Å². The van der Waals surface area contributed by atoms with E-state index in [9.17, 15) is 22.8 Å². The average molecular weight is 408 g/mol. The van der Waals surface area contributed by atoms with Gasteiger partial charge in [0.1, 0.15) is 0 Å². The Balaban J connectivity index is 1.51. The lowest BCUT2D eigenvalue weighted by Gasteiger charge is -2.34. The number of amides is 1. The van der Waals surface area contributed by atoms with E-state index >= 15 is 0 Å². The second kappa shape index (κ2) is 7.14. The van der Waals surface area contributed by atoms with Crippen LogP contribution in [0.5, 0.6) is 0 Å². The molecular formula is C18H19F3N6O2. The van der Waals surface area contributed by atoms with Crippen molar-refractivity contribution in [2.45, 2.75) is 19.5 Å². The Labute approximate surface area is 163 Å². The van der Waals surface area contributed by atoms with Gasteiger partial charge in [-0.1, -0.05) is 6.08 Å². The second-order valence-corrected chi connectivity index (χ2v) is 7.10. The summed E-state index contributed by atoms with van der Waals surface area (Å²) in [5, 5.41) is 4.19. The van der Waals surface area contributed by atoms with Gasteiger partial charge in [-0.05, 0) is 19.4 Å². The second-order valence-electron chi connectivity index (χ2n) is 7.10.